The molecule has 5 rings (SSSR count). The topological polar surface area (TPSA) is 6.48 Å². The zero-order valence-electron chi connectivity index (χ0n) is 17.2. The molecular weight excluding hydrogens is 524 g/mol. The summed E-state index contributed by atoms with van der Waals surface area (Å²) < 4.78 is 4.28. The Balaban J connectivity index is 1.83. The molecule has 0 radical (unpaired) electrons. The molecule has 156 valence electrons. The van der Waals surface area contributed by atoms with Gasteiger partial charge in [0.1, 0.15) is 0 Å². The first kappa shape index (κ1) is 20.8. The Morgan fingerprint density at radius 3 is 0.688 bits per heavy atom. The number of hydrogen-bond donors (Lipinski definition) is 0. The molecule has 0 atom stereocenters. The van der Waals surface area contributed by atoms with Crippen molar-refractivity contribution < 1.29 is 0 Å². The van der Waals surface area contributed by atoms with Gasteiger partial charge in [-0.2, -0.15) is 0 Å². The average molecular weight is 544 g/mol. The van der Waals surface area contributed by atoms with Gasteiger partial charge in [0.2, 0.25) is 0 Å². The predicted octanol–water partition coefficient (Wildman–Crippen LogP) is 8.28. The predicted molar refractivity (Wildman–Crippen MR) is 141 cm³/mol. The van der Waals surface area contributed by atoms with Gasteiger partial charge in [-0.05, 0) is 0 Å². The molecule has 4 aromatic rings. The van der Waals surface area contributed by atoms with Crippen LogP contribution in [0, 0.1) is 0 Å². The van der Waals surface area contributed by atoms with Crippen molar-refractivity contribution in [3.05, 3.63) is 144 Å². The lowest BCUT2D eigenvalue weighted by Gasteiger charge is -2.38. The quantitative estimate of drug-likeness (QED) is 0.239. The van der Waals surface area contributed by atoms with Crippen LogP contribution < -0.4 is 0 Å². The molecule has 0 N–H and O–H groups in total. The van der Waals surface area contributed by atoms with Crippen molar-refractivity contribution in [1.29, 1.82) is 0 Å². The molecule has 4 heteroatoms. The zero-order valence-corrected chi connectivity index (χ0v) is 20.4. The minimum atomic E-state index is 1.06. The molecule has 0 unspecified atom stereocenters. The molecule has 0 saturated carbocycles. The molecule has 0 amide bonds. The number of nitrogens with zero attached hydrogens (tertiary/aromatic N) is 2. The highest BCUT2D eigenvalue weighted by Crippen LogP contribution is 2.50. The fourth-order valence-corrected chi connectivity index (χ4v) is 5.47. The van der Waals surface area contributed by atoms with E-state index in [1.807, 2.05) is 24.3 Å². The van der Waals surface area contributed by atoms with E-state index in [2.05, 4.69) is 137 Å². The molecule has 0 fully saturated rings. The van der Waals surface area contributed by atoms with E-state index in [0.29, 0.717) is 0 Å². The first-order valence-corrected chi connectivity index (χ1v) is 11.8. The summed E-state index contributed by atoms with van der Waals surface area (Å²) in [4.78, 5) is 0. The summed E-state index contributed by atoms with van der Waals surface area (Å²) in [7, 11) is 0. The molecule has 4 aromatic carbocycles. The summed E-state index contributed by atoms with van der Waals surface area (Å²) in [5.74, 6) is 0. The van der Waals surface area contributed by atoms with Crippen molar-refractivity contribution in [2.45, 2.75) is 0 Å². The summed E-state index contributed by atoms with van der Waals surface area (Å²) in [5, 5.41) is 0. The SMILES string of the molecule is BrN1C(c2ccccc2)=C(c2ccccc2)N(Br)C(c2ccccc2)=C1c1ccccc1. The third-order valence-electron chi connectivity index (χ3n) is 5.42. The van der Waals surface area contributed by atoms with Crippen LogP contribution in [0.2, 0.25) is 0 Å². The van der Waals surface area contributed by atoms with E-state index in [9.17, 15) is 0 Å². The number of benzene rings is 4. The van der Waals surface area contributed by atoms with Crippen LogP contribution in [0.4, 0.5) is 0 Å². The molecule has 0 aliphatic carbocycles. The van der Waals surface area contributed by atoms with Crippen molar-refractivity contribution in [3.63, 3.8) is 0 Å². The Morgan fingerprint density at radius 1 is 0.312 bits per heavy atom. The van der Waals surface area contributed by atoms with Gasteiger partial charge in [0.05, 0.1) is 55.1 Å². The molecule has 0 spiro atoms. The number of hydrogen-bond acceptors (Lipinski definition) is 2. The Hall–Kier alpha value is -3.08. The van der Waals surface area contributed by atoms with Crippen LogP contribution in [-0.4, -0.2) is 7.85 Å². The van der Waals surface area contributed by atoms with Crippen LogP contribution in [0.3, 0.4) is 0 Å². The lowest BCUT2D eigenvalue weighted by Crippen LogP contribution is -2.25. The molecule has 32 heavy (non-hydrogen) atoms. The van der Waals surface area contributed by atoms with Crippen LogP contribution in [0.5, 0.6) is 0 Å². The fourth-order valence-electron chi connectivity index (χ4n) is 3.98. The summed E-state index contributed by atoms with van der Waals surface area (Å²) in [6, 6.07) is 41.9. The third-order valence-corrected chi connectivity index (χ3v) is 6.84. The summed E-state index contributed by atoms with van der Waals surface area (Å²) >= 11 is 7.94. The van der Waals surface area contributed by atoms with Crippen molar-refractivity contribution in [2.24, 2.45) is 0 Å². The lowest BCUT2D eigenvalue weighted by atomic mass is 9.97. The van der Waals surface area contributed by atoms with Crippen molar-refractivity contribution >= 4 is 55.1 Å². The van der Waals surface area contributed by atoms with Gasteiger partial charge in [0.15, 0.2) is 0 Å². The van der Waals surface area contributed by atoms with Crippen molar-refractivity contribution in [2.75, 3.05) is 0 Å². The van der Waals surface area contributed by atoms with Crippen LogP contribution >= 0.6 is 32.3 Å². The second kappa shape index (κ2) is 9.19. The Kier molecular flexibility index (Phi) is 5.97. The van der Waals surface area contributed by atoms with E-state index < -0.39 is 0 Å². The van der Waals surface area contributed by atoms with Crippen LogP contribution in [0.1, 0.15) is 22.3 Å². The normalized spacial score (nSPS) is 14.2. The maximum Gasteiger partial charge on any atom is 0.0850 e. The Labute approximate surface area is 205 Å². The molecule has 1 aliphatic rings. The van der Waals surface area contributed by atoms with Crippen LogP contribution in [-0.2, 0) is 0 Å². The van der Waals surface area contributed by atoms with Gasteiger partial charge >= 0.3 is 0 Å². The summed E-state index contributed by atoms with van der Waals surface area (Å²) in [6.45, 7) is 0. The van der Waals surface area contributed by atoms with Gasteiger partial charge in [-0.25, -0.2) is 0 Å². The van der Waals surface area contributed by atoms with E-state index in [1.54, 1.807) is 0 Å². The summed E-state index contributed by atoms with van der Waals surface area (Å²) in [5.41, 5.74) is 8.72. The molecule has 2 nitrogen and oxygen atoms in total. The van der Waals surface area contributed by atoms with Gasteiger partial charge in [-0.15, -0.1) is 0 Å². The van der Waals surface area contributed by atoms with Crippen molar-refractivity contribution in [3.8, 4) is 0 Å². The standard InChI is InChI=1S/C28H20Br2N2/c29-31-25(21-13-5-1-6-14-21)26(22-15-7-2-8-16-22)32(30)28(24-19-11-4-12-20-24)27(31)23-17-9-3-10-18-23/h1-20H. The highest BCUT2D eigenvalue weighted by molar-refractivity contribution is 9.08. The van der Waals surface area contributed by atoms with Gasteiger partial charge < -0.3 is 0 Å². The van der Waals surface area contributed by atoms with Gasteiger partial charge in [-0.1, -0.05) is 121 Å². The van der Waals surface area contributed by atoms with E-state index in [0.717, 1.165) is 45.0 Å². The largest absolute Gasteiger partial charge is 0.271 e. The van der Waals surface area contributed by atoms with E-state index in [-0.39, 0.29) is 0 Å². The lowest BCUT2D eigenvalue weighted by molar-refractivity contribution is 0.838. The molecule has 1 heterocycles. The minimum Gasteiger partial charge on any atom is -0.271 e. The smallest absolute Gasteiger partial charge is 0.0850 e. The highest BCUT2D eigenvalue weighted by atomic mass is 79.9. The maximum atomic E-state index is 3.97. The minimum absolute atomic E-state index is 1.06. The third kappa shape index (κ3) is 3.81. The molecule has 0 aromatic heterocycles. The van der Waals surface area contributed by atoms with Crippen LogP contribution in [0.25, 0.3) is 22.8 Å². The molecular formula is C28H20Br2N2. The maximum absolute atomic E-state index is 3.97. The van der Waals surface area contributed by atoms with Crippen molar-refractivity contribution in [1.82, 2.24) is 7.85 Å². The molecule has 0 bridgehead atoms. The fraction of sp³-hybridized carbons (Fsp3) is 0. The van der Waals surface area contributed by atoms with Gasteiger partial charge in [0, 0.05) is 22.3 Å². The van der Waals surface area contributed by atoms with E-state index >= 15 is 0 Å². The highest BCUT2D eigenvalue weighted by Gasteiger charge is 2.34. The van der Waals surface area contributed by atoms with Crippen LogP contribution in [0.15, 0.2) is 121 Å². The second-order valence-electron chi connectivity index (χ2n) is 7.42. The monoisotopic (exact) mass is 542 g/mol. The number of halogens is 2. The van der Waals surface area contributed by atoms with E-state index in [4.69, 9.17) is 0 Å². The molecule has 0 saturated heterocycles. The Morgan fingerprint density at radius 2 is 0.500 bits per heavy atom. The van der Waals surface area contributed by atoms with Gasteiger partial charge in [-0.3, -0.25) is 7.85 Å². The second-order valence-corrected chi connectivity index (χ2v) is 8.84. The van der Waals surface area contributed by atoms with E-state index in [1.165, 1.54) is 0 Å². The zero-order chi connectivity index (χ0) is 21.9. The first-order valence-electron chi connectivity index (χ1n) is 10.4. The first-order chi connectivity index (χ1) is 15.8. The number of rotatable bonds is 4. The molecule has 1 aliphatic heterocycles. The average Bonchev–Trinajstić information content (AvgIpc) is 2.87. The summed E-state index contributed by atoms with van der Waals surface area (Å²) in [6.07, 6.45) is 0. The Bertz CT molecular complexity index is 1070. The van der Waals surface area contributed by atoms with Gasteiger partial charge in [0.25, 0.3) is 0 Å².